The fourth-order valence-electron chi connectivity index (χ4n) is 2.86. The highest BCUT2D eigenvalue weighted by molar-refractivity contribution is 5.41. The first kappa shape index (κ1) is 12.6. The van der Waals surface area contributed by atoms with Gasteiger partial charge in [0, 0.05) is 37.9 Å². The summed E-state index contributed by atoms with van der Waals surface area (Å²) in [6, 6.07) is 4.20. The summed E-state index contributed by atoms with van der Waals surface area (Å²) in [5.41, 5.74) is 3.79. The maximum atomic E-state index is 4.48. The predicted molar refractivity (Wildman–Crippen MR) is 77.3 cm³/mol. The van der Waals surface area contributed by atoms with Crippen LogP contribution in [0.5, 0.6) is 0 Å². The lowest BCUT2D eigenvalue weighted by atomic mass is 10.0. The molecular formula is C15H22N4. The van der Waals surface area contributed by atoms with Crippen LogP contribution in [0.15, 0.2) is 24.5 Å². The average molecular weight is 258 g/mol. The van der Waals surface area contributed by atoms with Crippen LogP contribution in [0.3, 0.4) is 0 Å². The second-order valence-corrected chi connectivity index (χ2v) is 6.21. The van der Waals surface area contributed by atoms with Gasteiger partial charge in [0.2, 0.25) is 0 Å². The molecule has 0 saturated carbocycles. The number of hydrogen-bond acceptors (Lipinski definition) is 3. The van der Waals surface area contributed by atoms with Crippen LogP contribution < -0.4 is 5.32 Å². The Hall–Kier alpha value is -1.39. The molecule has 3 heterocycles. The zero-order valence-corrected chi connectivity index (χ0v) is 12.0. The van der Waals surface area contributed by atoms with Gasteiger partial charge in [-0.3, -0.25) is 4.90 Å². The third-order valence-electron chi connectivity index (χ3n) is 3.77. The van der Waals surface area contributed by atoms with Gasteiger partial charge >= 0.3 is 0 Å². The van der Waals surface area contributed by atoms with Gasteiger partial charge in [-0.25, -0.2) is 4.98 Å². The highest BCUT2D eigenvalue weighted by Crippen LogP contribution is 2.15. The number of pyridine rings is 1. The monoisotopic (exact) mass is 258 g/mol. The Kier molecular flexibility index (Phi) is 3.07. The van der Waals surface area contributed by atoms with Crippen LogP contribution in [-0.2, 0) is 6.54 Å². The van der Waals surface area contributed by atoms with E-state index in [1.54, 1.807) is 0 Å². The molecule has 0 spiro atoms. The lowest BCUT2D eigenvalue weighted by Crippen LogP contribution is -2.56. The number of fused-ring (bicyclic) bond motifs is 1. The van der Waals surface area contributed by atoms with Gasteiger partial charge in [0.05, 0.1) is 11.9 Å². The van der Waals surface area contributed by atoms with Crippen molar-refractivity contribution in [3.8, 4) is 0 Å². The molecule has 0 unspecified atom stereocenters. The molecule has 1 fully saturated rings. The molecule has 0 bridgehead atoms. The van der Waals surface area contributed by atoms with E-state index in [4.69, 9.17) is 0 Å². The van der Waals surface area contributed by atoms with Gasteiger partial charge < -0.3 is 9.72 Å². The lowest BCUT2D eigenvalue weighted by Gasteiger charge is -2.39. The molecule has 19 heavy (non-hydrogen) atoms. The quantitative estimate of drug-likeness (QED) is 0.892. The number of nitrogens with zero attached hydrogens (tertiary/aromatic N) is 3. The fourth-order valence-corrected chi connectivity index (χ4v) is 2.86. The largest absolute Gasteiger partial charge is 0.309 e. The summed E-state index contributed by atoms with van der Waals surface area (Å²) in [6.07, 6.45) is 4.18. The van der Waals surface area contributed by atoms with E-state index in [1.807, 2.05) is 6.20 Å². The first-order valence-electron chi connectivity index (χ1n) is 6.93. The molecule has 0 aliphatic carbocycles. The molecule has 3 rings (SSSR count). The van der Waals surface area contributed by atoms with Gasteiger partial charge in [-0.1, -0.05) is 6.07 Å². The summed E-state index contributed by atoms with van der Waals surface area (Å²) in [5, 5.41) is 3.55. The molecule has 2 aromatic heterocycles. The molecule has 0 radical (unpaired) electrons. The summed E-state index contributed by atoms with van der Waals surface area (Å²) >= 11 is 0. The van der Waals surface area contributed by atoms with Gasteiger partial charge in [0.25, 0.3) is 0 Å². The van der Waals surface area contributed by atoms with Crippen LogP contribution in [0, 0.1) is 6.92 Å². The molecule has 4 nitrogen and oxygen atoms in total. The Balaban J connectivity index is 1.83. The minimum Gasteiger partial charge on any atom is -0.309 e. The molecule has 4 heteroatoms. The molecule has 2 aromatic rings. The number of aromatic nitrogens is 2. The minimum absolute atomic E-state index is 0.203. The second-order valence-electron chi connectivity index (χ2n) is 6.21. The molecule has 0 atom stereocenters. The van der Waals surface area contributed by atoms with Crippen molar-refractivity contribution in [2.24, 2.45) is 0 Å². The van der Waals surface area contributed by atoms with Gasteiger partial charge in [0.15, 0.2) is 0 Å². The normalized spacial score (nSPS) is 19.9. The first-order chi connectivity index (χ1) is 9.03. The maximum absolute atomic E-state index is 4.48. The third-order valence-corrected chi connectivity index (χ3v) is 3.77. The number of piperazine rings is 1. The van der Waals surface area contributed by atoms with Gasteiger partial charge in [-0.05, 0) is 32.4 Å². The first-order valence-corrected chi connectivity index (χ1v) is 6.93. The molecule has 0 aromatic carbocycles. The number of hydrogen-bond donors (Lipinski definition) is 1. The number of imidazole rings is 1. The van der Waals surface area contributed by atoms with E-state index in [-0.39, 0.29) is 5.54 Å². The van der Waals surface area contributed by atoms with E-state index < -0.39 is 0 Å². The second kappa shape index (κ2) is 4.62. The highest BCUT2D eigenvalue weighted by atomic mass is 15.2. The number of nitrogens with one attached hydrogen (secondary N) is 1. The van der Waals surface area contributed by atoms with E-state index >= 15 is 0 Å². The van der Waals surface area contributed by atoms with E-state index in [0.29, 0.717) is 0 Å². The third kappa shape index (κ3) is 2.65. The fraction of sp³-hybridized carbons (Fsp3) is 0.533. The predicted octanol–water partition coefficient (Wildman–Crippen LogP) is 1.83. The van der Waals surface area contributed by atoms with Gasteiger partial charge in [0.1, 0.15) is 5.65 Å². The van der Waals surface area contributed by atoms with Crippen LogP contribution in [-0.4, -0.2) is 39.5 Å². The van der Waals surface area contributed by atoms with Crippen molar-refractivity contribution in [2.45, 2.75) is 32.9 Å². The molecule has 1 saturated heterocycles. The van der Waals surface area contributed by atoms with E-state index in [2.05, 4.69) is 58.7 Å². The summed E-state index contributed by atoms with van der Waals surface area (Å²) in [7, 11) is 0. The molecule has 1 aliphatic heterocycles. The Bertz CT molecular complexity index is 585. The van der Waals surface area contributed by atoms with E-state index in [9.17, 15) is 0 Å². The van der Waals surface area contributed by atoms with Crippen molar-refractivity contribution < 1.29 is 0 Å². The Morgan fingerprint density at radius 1 is 1.37 bits per heavy atom. The maximum Gasteiger partial charge on any atom is 0.136 e. The van der Waals surface area contributed by atoms with Crippen molar-refractivity contribution in [1.29, 1.82) is 0 Å². The summed E-state index contributed by atoms with van der Waals surface area (Å²) < 4.78 is 2.21. The van der Waals surface area contributed by atoms with Gasteiger partial charge in [-0.2, -0.15) is 0 Å². The van der Waals surface area contributed by atoms with Crippen molar-refractivity contribution in [3.63, 3.8) is 0 Å². The van der Waals surface area contributed by atoms with Crippen molar-refractivity contribution in [1.82, 2.24) is 19.6 Å². The average Bonchev–Trinajstić information content (AvgIpc) is 2.71. The van der Waals surface area contributed by atoms with Crippen molar-refractivity contribution in [2.75, 3.05) is 19.6 Å². The zero-order chi connectivity index (χ0) is 13.5. The molecule has 1 N–H and O–H groups in total. The Morgan fingerprint density at radius 3 is 3.00 bits per heavy atom. The Morgan fingerprint density at radius 2 is 2.21 bits per heavy atom. The summed E-state index contributed by atoms with van der Waals surface area (Å²) in [5.74, 6) is 0. The minimum atomic E-state index is 0.203. The van der Waals surface area contributed by atoms with Crippen LogP contribution >= 0.6 is 0 Å². The van der Waals surface area contributed by atoms with E-state index in [1.165, 1.54) is 11.3 Å². The molecule has 1 aliphatic rings. The SMILES string of the molecule is Cc1ccc2ncc(CN3CCNC(C)(C)C3)n2c1. The molecular weight excluding hydrogens is 236 g/mol. The van der Waals surface area contributed by atoms with E-state index in [0.717, 1.165) is 31.8 Å². The lowest BCUT2D eigenvalue weighted by molar-refractivity contribution is 0.146. The van der Waals surface area contributed by atoms with Crippen LogP contribution in [0.2, 0.25) is 0 Å². The van der Waals surface area contributed by atoms with Crippen LogP contribution in [0.1, 0.15) is 25.1 Å². The van der Waals surface area contributed by atoms with Gasteiger partial charge in [-0.15, -0.1) is 0 Å². The number of aryl methyl sites for hydroxylation is 1. The highest BCUT2D eigenvalue weighted by Gasteiger charge is 2.25. The van der Waals surface area contributed by atoms with Crippen LogP contribution in [0.4, 0.5) is 0 Å². The molecule has 102 valence electrons. The van der Waals surface area contributed by atoms with Crippen LogP contribution in [0.25, 0.3) is 5.65 Å². The summed E-state index contributed by atoms with van der Waals surface area (Å²) in [6.45, 7) is 10.8. The molecule has 0 amide bonds. The Labute approximate surface area is 114 Å². The number of rotatable bonds is 2. The van der Waals surface area contributed by atoms with Crippen molar-refractivity contribution in [3.05, 3.63) is 35.8 Å². The van der Waals surface area contributed by atoms with Crippen molar-refractivity contribution >= 4 is 5.65 Å². The zero-order valence-electron chi connectivity index (χ0n) is 12.0. The summed E-state index contributed by atoms with van der Waals surface area (Å²) in [4.78, 5) is 6.98. The smallest absolute Gasteiger partial charge is 0.136 e. The topological polar surface area (TPSA) is 32.6 Å². The standard InChI is InChI=1S/C15H22N4/c1-12-4-5-14-16-8-13(19(14)9-12)10-18-7-6-17-15(2,3)11-18/h4-5,8-9,17H,6-7,10-11H2,1-3H3.